The first-order valence-corrected chi connectivity index (χ1v) is 5.23. The Labute approximate surface area is 80.3 Å². The molecule has 0 unspecified atom stereocenters. The second kappa shape index (κ2) is 4.61. The first-order chi connectivity index (χ1) is 6.16. The van der Waals surface area contributed by atoms with Crippen LogP contribution in [0, 0.1) is 0 Å². The van der Waals surface area contributed by atoms with Crippen molar-refractivity contribution in [1.29, 1.82) is 0 Å². The molecule has 76 valence electrons. The van der Waals surface area contributed by atoms with Crippen molar-refractivity contribution in [2.45, 2.75) is 51.6 Å². The maximum absolute atomic E-state index is 11.7. The van der Waals surface area contributed by atoms with Gasteiger partial charge in [-0.05, 0) is 26.7 Å². The number of hydrogen-bond acceptors (Lipinski definition) is 2. The highest BCUT2D eigenvalue weighted by molar-refractivity contribution is 5.81. The number of amides is 1. The minimum absolute atomic E-state index is 0.106. The van der Waals surface area contributed by atoms with Gasteiger partial charge in [-0.3, -0.25) is 4.79 Å². The number of hydrogen-bond donors (Lipinski definition) is 1. The Hall–Kier alpha value is -0.570. The summed E-state index contributed by atoms with van der Waals surface area (Å²) < 4.78 is 0. The van der Waals surface area contributed by atoms with Crippen LogP contribution in [-0.2, 0) is 4.79 Å². The highest BCUT2D eigenvalue weighted by Crippen LogP contribution is 2.23. The molecule has 0 aromatic carbocycles. The summed E-state index contributed by atoms with van der Waals surface area (Å²) >= 11 is 0. The van der Waals surface area contributed by atoms with E-state index in [1.54, 1.807) is 6.92 Å². The average molecular weight is 184 g/mol. The van der Waals surface area contributed by atoms with Crippen molar-refractivity contribution in [3.63, 3.8) is 0 Å². The summed E-state index contributed by atoms with van der Waals surface area (Å²) in [4.78, 5) is 13.6. The van der Waals surface area contributed by atoms with E-state index in [9.17, 15) is 4.79 Å². The van der Waals surface area contributed by atoms with E-state index in [1.165, 1.54) is 12.8 Å². The highest BCUT2D eigenvalue weighted by atomic mass is 16.2. The van der Waals surface area contributed by atoms with Crippen molar-refractivity contribution in [1.82, 2.24) is 4.90 Å². The van der Waals surface area contributed by atoms with Crippen LogP contribution in [-0.4, -0.2) is 29.4 Å². The molecule has 0 aromatic rings. The van der Waals surface area contributed by atoms with Crippen LogP contribution in [0.25, 0.3) is 0 Å². The minimum atomic E-state index is -0.347. The van der Waals surface area contributed by atoms with Gasteiger partial charge in [-0.2, -0.15) is 0 Å². The summed E-state index contributed by atoms with van der Waals surface area (Å²) in [5.74, 6) is 0.106. The fourth-order valence-electron chi connectivity index (χ4n) is 2.07. The summed E-state index contributed by atoms with van der Waals surface area (Å²) in [6.07, 6.45) is 4.83. The highest BCUT2D eigenvalue weighted by Gasteiger charge is 2.26. The molecule has 1 amide bonds. The van der Waals surface area contributed by atoms with Crippen LogP contribution < -0.4 is 5.73 Å². The van der Waals surface area contributed by atoms with Crippen LogP contribution in [0.1, 0.15) is 39.5 Å². The van der Waals surface area contributed by atoms with Gasteiger partial charge in [0.05, 0.1) is 6.04 Å². The Balaban J connectivity index is 2.55. The van der Waals surface area contributed by atoms with Crippen LogP contribution in [0.5, 0.6) is 0 Å². The summed E-state index contributed by atoms with van der Waals surface area (Å²) in [6.45, 7) is 4.59. The zero-order valence-corrected chi connectivity index (χ0v) is 8.62. The summed E-state index contributed by atoms with van der Waals surface area (Å²) in [7, 11) is 0. The van der Waals surface area contributed by atoms with Crippen molar-refractivity contribution in [2.24, 2.45) is 5.73 Å². The van der Waals surface area contributed by atoms with E-state index in [0.29, 0.717) is 6.04 Å². The molecular weight excluding hydrogens is 164 g/mol. The zero-order valence-electron chi connectivity index (χ0n) is 8.62. The molecule has 1 aliphatic rings. The number of nitrogens with two attached hydrogens (primary N) is 1. The predicted molar refractivity (Wildman–Crippen MR) is 53.3 cm³/mol. The Morgan fingerprint density at radius 3 is 2.46 bits per heavy atom. The molecule has 1 aliphatic carbocycles. The standard InChI is InChI=1S/C10H20N2O/c1-3-12(10(13)8(2)11)9-6-4-5-7-9/h8-9H,3-7,11H2,1-2H3/t8-/m0/s1. The molecule has 3 heteroatoms. The fourth-order valence-corrected chi connectivity index (χ4v) is 2.07. The monoisotopic (exact) mass is 184 g/mol. The predicted octanol–water partition coefficient (Wildman–Crippen LogP) is 1.12. The van der Waals surface area contributed by atoms with Gasteiger partial charge in [0, 0.05) is 12.6 Å². The molecule has 1 atom stereocenters. The molecule has 1 rings (SSSR count). The number of nitrogens with zero attached hydrogens (tertiary/aromatic N) is 1. The maximum Gasteiger partial charge on any atom is 0.239 e. The zero-order chi connectivity index (χ0) is 9.84. The Kier molecular flexibility index (Phi) is 3.72. The quantitative estimate of drug-likeness (QED) is 0.714. The van der Waals surface area contributed by atoms with Gasteiger partial charge in [-0.25, -0.2) is 0 Å². The van der Waals surface area contributed by atoms with Crippen LogP contribution >= 0.6 is 0 Å². The Morgan fingerprint density at radius 2 is 2.08 bits per heavy atom. The van der Waals surface area contributed by atoms with E-state index in [0.717, 1.165) is 19.4 Å². The SMILES string of the molecule is CCN(C(=O)[C@H](C)N)C1CCCC1. The molecule has 1 fully saturated rings. The third-order valence-corrected chi connectivity index (χ3v) is 2.78. The molecule has 2 N–H and O–H groups in total. The van der Waals surface area contributed by atoms with E-state index < -0.39 is 0 Å². The molecule has 0 bridgehead atoms. The van der Waals surface area contributed by atoms with Gasteiger partial charge in [-0.1, -0.05) is 12.8 Å². The first kappa shape index (κ1) is 10.5. The summed E-state index contributed by atoms with van der Waals surface area (Å²) in [5.41, 5.74) is 5.59. The van der Waals surface area contributed by atoms with Crippen molar-refractivity contribution >= 4 is 5.91 Å². The second-order valence-electron chi connectivity index (χ2n) is 3.85. The number of likely N-dealkylation sites (N-methyl/N-ethyl adjacent to an activating group) is 1. The lowest BCUT2D eigenvalue weighted by atomic mass is 10.2. The normalized spacial score (nSPS) is 20.2. The van der Waals surface area contributed by atoms with E-state index >= 15 is 0 Å². The Bertz CT molecular complexity index is 174. The smallest absolute Gasteiger partial charge is 0.239 e. The van der Waals surface area contributed by atoms with Gasteiger partial charge in [0.2, 0.25) is 5.91 Å². The average Bonchev–Trinajstić information content (AvgIpc) is 2.58. The molecule has 3 nitrogen and oxygen atoms in total. The van der Waals surface area contributed by atoms with Gasteiger partial charge in [0.1, 0.15) is 0 Å². The van der Waals surface area contributed by atoms with Gasteiger partial charge in [0.25, 0.3) is 0 Å². The lowest BCUT2D eigenvalue weighted by Crippen LogP contribution is -2.46. The first-order valence-electron chi connectivity index (χ1n) is 5.23. The largest absolute Gasteiger partial charge is 0.339 e. The molecular formula is C10H20N2O. The van der Waals surface area contributed by atoms with Crippen LogP contribution in [0.4, 0.5) is 0 Å². The molecule has 1 saturated carbocycles. The van der Waals surface area contributed by atoms with Gasteiger partial charge < -0.3 is 10.6 Å². The van der Waals surface area contributed by atoms with Crippen molar-refractivity contribution in [3.05, 3.63) is 0 Å². The number of rotatable bonds is 3. The molecule has 0 heterocycles. The van der Waals surface area contributed by atoms with E-state index in [4.69, 9.17) is 5.73 Å². The molecule has 0 spiro atoms. The molecule has 0 aliphatic heterocycles. The lowest BCUT2D eigenvalue weighted by molar-refractivity contribution is -0.134. The van der Waals surface area contributed by atoms with Gasteiger partial charge in [0.15, 0.2) is 0 Å². The molecule has 13 heavy (non-hydrogen) atoms. The molecule has 0 aromatic heterocycles. The number of carbonyl (C=O) groups excluding carboxylic acids is 1. The molecule has 0 radical (unpaired) electrons. The molecule has 0 saturated heterocycles. The third kappa shape index (κ3) is 2.44. The lowest BCUT2D eigenvalue weighted by Gasteiger charge is -2.29. The van der Waals surface area contributed by atoms with Crippen LogP contribution in [0.3, 0.4) is 0 Å². The second-order valence-corrected chi connectivity index (χ2v) is 3.85. The van der Waals surface area contributed by atoms with Gasteiger partial charge in [-0.15, -0.1) is 0 Å². The van der Waals surface area contributed by atoms with Crippen LogP contribution in [0.15, 0.2) is 0 Å². The van der Waals surface area contributed by atoms with Crippen LogP contribution in [0.2, 0.25) is 0 Å². The topological polar surface area (TPSA) is 46.3 Å². The maximum atomic E-state index is 11.7. The Morgan fingerprint density at radius 1 is 1.54 bits per heavy atom. The van der Waals surface area contributed by atoms with Crippen molar-refractivity contribution in [2.75, 3.05) is 6.54 Å². The van der Waals surface area contributed by atoms with E-state index in [-0.39, 0.29) is 11.9 Å². The third-order valence-electron chi connectivity index (χ3n) is 2.78. The minimum Gasteiger partial charge on any atom is -0.339 e. The summed E-state index contributed by atoms with van der Waals surface area (Å²) in [5, 5.41) is 0. The summed E-state index contributed by atoms with van der Waals surface area (Å²) in [6, 6.07) is 0.115. The van der Waals surface area contributed by atoms with Gasteiger partial charge >= 0.3 is 0 Å². The fraction of sp³-hybridized carbons (Fsp3) is 0.900. The van der Waals surface area contributed by atoms with Crippen molar-refractivity contribution in [3.8, 4) is 0 Å². The van der Waals surface area contributed by atoms with Crippen molar-refractivity contribution < 1.29 is 4.79 Å². The van der Waals surface area contributed by atoms with E-state index in [2.05, 4.69) is 0 Å². The van der Waals surface area contributed by atoms with E-state index in [1.807, 2.05) is 11.8 Å². The number of carbonyl (C=O) groups is 1.